The minimum absolute atomic E-state index is 0.112. The van der Waals surface area contributed by atoms with Crippen LogP contribution >= 0.6 is 0 Å². The van der Waals surface area contributed by atoms with E-state index in [1.54, 1.807) is 13.1 Å². The Morgan fingerprint density at radius 2 is 1.84 bits per heavy atom. The lowest BCUT2D eigenvalue weighted by Gasteiger charge is -2.09. The van der Waals surface area contributed by atoms with Gasteiger partial charge in [0, 0.05) is 19.5 Å². The van der Waals surface area contributed by atoms with Crippen molar-refractivity contribution in [3.63, 3.8) is 0 Å². The summed E-state index contributed by atoms with van der Waals surface area (Å²) in [6, 6.07) is 5.32. The lowest BCUT2D eigenvalue weighted by Crippen LogP contribution is -2.03. The summed E-state index contributed by atoms with van der Waals surface area (Å²) in [7, 11) is 1.71. The van der Waals surface area contributed by atoms with Crippen LogP contribution in [-0.4, -0.2) is 17.0 Å². The Bertz CT molecular complexity index is 565. The molecule has 0 amide bonds. The number of nitrogens with one attached hydrogen (secondary N) is 1. The summed E-state index contributed by atoms with van der Waals surface area (Å²) in [5.41, 5.74) is 0.150. The molecule has 0 aliphatic rings. The van der Waals surface area contributed by atoms with Gasteiger partial charge < -0.3 is 5.32 Å². The van der Waals surface area contributed by atoms with Crippen molar-refractivity contribution in [1.82, 2.24) is 9.97 Å². The molecule has 1 aromatic heterocycles. The van der Waals surface area contributed by atoms with E-state index in [1.807, 2.05) is 6.92 Å². The summed E-state index contributed by atoms with van der Waals surface area (Å²) in [4.78, 5) is 8.49. The van der Waals surface area contributed by atoms with Crippen molar-refractivity contribution in [1.29, 1.82) is 0 Å². The highest BCUT2D eigenvalue weighted by Gasteiger charge is 2.14. The Morgan fingerprint density at radius 1 is 1.16 bits per heavy atom. The van der Waals surface area contributed by atoms with Crippen LogP contribution in [0.3, 0.4) is 0 Å². The maximum atomic E-state index is 13.8. The molecule has 19 heavy (non-hydrogen) atoms. The molecule has 0 aliphatic carbocycles. The van der Waals surface area contributed by atoms with Crippen molar-refractivity contribution in [2.45, 2.75) is 19.8 Å². The molecule has 2 rings (SSSR count). The fourth-order valence-corrected chi connectivity index (χ4v) is 1.83. The van der Waals surface area contributed by atoms with Crippen LogP contribution in [0.15, 0.2) is 24.3 Å². The summed E-state index contributed by atoms with van der Waals surface area (Å²) in [5.74, 6) is -0.116. The summed E-state index contributed by atoms with van der Waals surface area (Å²) < 4.78 is 27.5. The smallest absolute Gasteiger partial charge is 0.135 e. The fourth-order valence-electron chi connectivity index (χ4n) is 1.83. The Morgan fingerprint density at radius 3 is 2.42 bits per heavy atom. The first-order valence-corrected chi connectivity index (χ1v) is 6.15. The van der Waals surface area contributed by atoms with E-state index in [2.05, 4.69) is 15.3 Å². The molecule has 0 fully saturated rings. The normalized spacial score (nSPS) is 10.5. The van der Waals surface area contributed by atoms with Crippen molar-refractivity contribution < 1.29 is 8.78 Å². The van der Waals surface area contributed by atoms with E-state index in [4.69, 9.17) is 0 Å². The Kier molecular flexibility index (Phi) is 4.04. The van der Waals surface area contributed by atoms with Gasteiger partial charge in [-0.15, -0.1) is 0 Å². The van der Waals surface area contributed by atoms with Crippen LogP contribution in [0.5, 0.6) is 0 Å². The van der Waals surface area contributed by atoms with Gasteiger partial charge >= 0.3 is 0 Å². The second kappa shape index (κ2) is 5.73. The number of rotatable bonds is 4. The third kappa shape index (κ3) is 2.86. The first kappa shape index (κ1) is 13.4. The quantitative estimate of drug-likeness (QED) is 0.918. The molecular weight excluding hydrogens is 248 g/mol. The van der Waals surface area contributed by atoms with Gasteiger partial charge in [0.05, 0.1) is 11.3 Å². The van der Waals surface area contributed by atoms with Crippen LogP contribution in [0.2, 0.25) is 0 Å². The van der Waals surface area contributed by atoms with Crippen molar-refractivity contribution in [3.8, 4) is 11.3 Å². The number of nitrogens with zero attached hydrogens (tertiary/aromatic N) is 2. The highest BCUT2D eigenvalue weighted by atomic mass is 19.1. The summed E-state index contributed by atoms with van der Waals surface area (Å²) in [6.07, 6.45) is 1.53. The van der Waals surface area contributed by atoms with Gasteiger partial charge in [-0.2, -0.15) is 0 Å². The first-order valence-electron chi connectivity index (χ1n) is 6.15. The highest BCUT2D eigenvalue weighted by molar-refractivity contribution is 5.63. The topological polar surface area (TPSA) is 37.8 Å². The SMILES string of the molecule is CCCc1nc(NC)cc(-c2c(F)cccc2F)n1. The Hall–Kier alpha value is -2.04. The third-order valence-electron chi connectivity index (χ3n) is 2.72. The molecule has 2 aromatic rings. The fraction of sp³-hybridized carbons (Fsp3) is 0.286. The van der Waals surface area contributed by atoms with Gasteiger partial charge in [0.25, 0.3) is 0 Å². The van der Waals surface area contributed by atoms with Crippen molar-refractivity contribution in [3.05, 3.63) is 41.7 Å². The number of halogens is 2. The Balaban J connectivity index is 2.57. The molecule has 0 saturated carbocycles. The Labute approximate surface area is 110 Å². The van der Waals surface area contributed by atoms with Crippen LogP contribution in [0.25, 0.3) is 11.3 Å². The largest absolute Gasteiger partial charge is 0.373 e. The van der Waals surface area contributed by atoms with Crippen LogP contribution in [0, 0.1) is 11.6 Å². The van der Waals surface area contributed by atoms with Gasteiger partial charge in [-0.05, 0) is 18.6 Å². The van der Waals surface area contributed by atoms with Crippen LogP contribution in [0.4, 0.5) is 14.6 Å². The van der Waals surface area contributed by atoms with E-state index in [-0.39, 0.29) is 11.3 Å². The molecule has 0 aliphatic heterocycles. The van der Waals surface area contributed by atoms with Crippen molar-refractivity contribution in [2.24, 2.45) is 0 Å². The number of hydrogen-bond acceptors (Lipinski definition) is 3. The standard InChI is InChI=1S/C14H15F2N3/c1-3-5-12-18-11(8-13(17-2)19-12)14-9(15)6-4-7-10(14)16/h4,6-8H,3,5H2,1-2H3,(H,17,18,19). The van der Waals surface area contributed by atoms with E-state index in [9.17, 15) is 8.78 Å². The zero-order valence-electron chi connectivity index (χ0n) is 10.9. The summed E-state index contributed by atoms with van der Waals surface area (Å²) in [5, 5.41) is 2.88. The average molecular weight is 263 g/mol. The molecular formula is C14H15F2N3. The third-order valence-corrected chi connectivity index (χ3v) is 2.72. The van der Waals surface area contributed by atoms with Gasteiger partial charge in [0.2, 0.25) is 0 Å². The number of benzene rings is 1. The molecule has 0 spiro atoms. The van der Waals surface area contributed by atoms with E-state index in [0.717, 1.165) is 6.42 Å². The van der Waals surface area contributed by atoms with Gasteiger partial charge in [-0.25, -0.2) is 18.7 Å². The zero-order chi connectivity index (χ0) is 13.8. The van der Waals surface area contributed by atoms with E-state index in [1.165, 1.54) is 18.2 Å². The van der Waals surface area contributed by atoms with E-state index < -0.39 is 11.6 Å². The molecule has 1 aromatic carbocycles. The molecule has 0 saturated heterocycles. The zero-order valence-corrected chi connectivity index (χ0v) is 10.9. The van der Waals surface area contributed by atoms with Gasteiger partial charge in [-0.3, -0.25) is 0 Å². The predicted octanol–water partition coefficient (Wildman–Crippen LogP) is 3.42. The van der Waals surface area contributed by atoms with Gasteiger partial charge in [0.15, 0.2) is 0 Å². The second-order valence-corrected chi connectivity index (χ2v) is 4.15. The van der Waals surface area contributed by atoms with Crippen LogP contribution in [-0.2, 0) is 6.42 Å². The first-order chi connectivity index (χ1) is 9.15. The van der Waals surface area contributed by atoms with E-state index >= 15 is 0 Å². The molecule has 5 heteroatoms. The number of anilines is 1. The average Bonchev–Trinajstić information content (AvgIpc) is 2.38. The minimum atomic E-state index is -0.622. The molecule has 1 N–H and O–H groups in total. The van der Waals surface area contributed by atoms with Gasteiger partial charge in [0.1, 0.15) is 23.3 Å². The molecule has 0 atom stereocenters. The summed E-state index contributed by atoms with van der Waals surface area (Å²) >= 11 is 0. The molecule has 1 heterocycles. The molecule has 0 unspecified atom stereocenters. The maximum absolute atomic E-state index is 13.8. The van der Waals surface area contributed by atoms with Crippen molar-refractivity contribution in [2.75, 3.05) is 12.4 Å². The number of hydrogen-bond donors (Lipinski definition) is 1. The maximum Gasteiger partial charge on any atom is 0.135 e. The number of aryl methyl sites for hydroxylation is 1. The molecule has 0 radical (unpaired) electrons. The lowest BCUT2D eigenvalue weighted by atomic mass is 10.1. The number of aromatic nitrogens is 2. The highest BCUT2D eigenvalue weighted by Crippen LogP contribution is 2.26. The van der Waals surface area contributed by atoms with Crippen LogP contribution in [0.1, 0.15) is 19.2 Å². The van der Waals surface area contributed by atoms with E-state index in [0.29, 0.717) is 18.1 Å². The molecule has 100 valence electrons. The molecule has 0 bridgehead atoms. The second-order valence-electron chi connectivity index (χ2n) is 4.15. The van der Waals surface area contributed by atoms with Crippen molar-refractivity contribution >= 4 is 5.82 Å². The lowest BCUT2D eigenvalue weighted by molar-refractivity contribution is 0.588. The minimum Gasteiger partial charge on any atom is -0.373 e. The van der Waals surface area contributed by atoms with Crippen LogP contribution < -0.4 is 5.32 Å². The summed E-state index contributed by atoms with van der Waals surface area (Å²) in [6.45, 7) is 2.00. The predicted molar refractivity (Wildman–Crippen MR) is 70.9 cm³/mol. The monoisotopic (exact) mass is 263 g/mol. The molecule has 3 nitrogen and oxygen atoms in total. The van der Waals surface area contributed by atoms with Gasteiger partial charge in [-0.1, -0.05) is 13.0 Å².